The van der Waals surface area contributed by atoms with Crippen LogP contribution in [0.1, 0.15) is 47.2 Å². The van der Waals surface area contributed by atoms with Gasteiger partial charge in [-0.3, -0.25) is 4.79 Å². The van der Waals surface area contributed by atoms with Gasteiger partial charge in [-0.05, 0) is 20.8 Å². The van der Waals surface area contributed by atoms with Gasteiger partial charge in [0.15, 0.2) is 5.78 Å². The number of carbonyl (C=O) groups excluding carboxylic acids is 1. The Hall–Kier alpha value is -1.16. The minimum absolute atomic E-state index is 0.0931. The first-order valence-corrected chi connectivity index (χ1v) is 6.78. The van der Waals surface area contributed by atoms with Crippen molar-refractivity contribution in [3.8, 4) is 0 Å². The molecule has 0 saturated heterocycles. The van der Waals surface area contributed by atoms with Gasteiger partial charge in [-0.2, -0.15) is 0 Å². The van der Waals surface area contributed by atoms with E-state index in [1.54, 1.807) is 6.33 Å². The lowest BCUT2D eigenvalue weighted by Crippen LogP contribution is -2.52. The molecule has 1 aromatic rings. The van der Waals surface area contributed by atoms with Crippen molar-refractivity contribution in [2.45, 2.75) is 59.5 Å². The third kappa shape index (κ3) is 4.78. The SMILES string of the molecule is Cn1cncc1C[C@H](NC(C)(C)C)C(=O)C(C)(C)C. The Morgan fingerprint density at radius 1 is 1.32 bits per heavy atom. The Bertz CT molecular complexity index is 435. The fourth-order valence-corrected chi connectivity index (χ4v) is 2.05. The number of aromatic nitrogens is 2. The Kier molecular flexibility index (Phi) is 4.56. The molecule has 1 rings (SSSR count). The van der Waals surface area contributed by atoms with Gasteiger partial charge in [-0.1, -0.05) is 20.8 Å². The van der Waals surface area contributed by atoms with Gasteiger partial charge in [0.1, 0.15) is 0 Å². The van der Waals surface area contributed by atoms with Crippen LogP contribution in [0.4, 0.5) is 0 Å². The second-order valence-corrected chi connectivity index (χ2v) is 7.26. The van der Waals surface area contributed by atoms with Crippen molar-refractivity contribution >= 4 is 5.78 Å². The van der Waals surface area contributed by atoms with E-state index in [1.807, 2.05) is 38.6 Å². The number of aryl methyl sites for hydroxylation is 1. The molecule has 19 heavy (non-hydrogen) atoms. The number of carbonyl (C=O) groups is 1. The van der Waals surface area contributed by atoms with Gasteiger partial charge in [-0.15, -0.1) is 0 Å². The third-order valence-corrected chi connectivity index (χ3v) is 2.99. The van der Waals surface area contributed by atoms with Crippen LogP contribution in [-0.2, 0) is 18.3 Å². The summed E-state index contributed by atoms with van der Waals surface area (Å²) in [5.41, 5.74) is 0.630. The fraction of sp³-hybridized carbons (Fsp3) is 0.733. The summed E-state index contributed by atoms with van der Waals surface area (Å²) in [6.45, 7) is 12.2. The van der Waals surface area contributed by atoms with Gasteiger partial charge in [0.25, 0.3) is 0 Å². The first-order chi connectivity index (χ1) is 8.50. The topological polar surface area (TPSA) is 46.9 Å². The van der Waals surface area contributed by atoms with E-state index in [0.29, 0.717) is 6.42 Å². The van der Waals surface area contributed by atoms with Gasteiger partial charge in [0.2, 0.25) is 0 Å². The Balaban J connectivity index is 2.93. The van der Waals surface area contributed by atoms with Crippen molar-refractivity contribution in [2.75, 3.05) is 0 Å². The van der Waals surface area contributed by atoms with E-state index in [0.717, 1.165) is 5.69 Å². The third-order valence-electron chi connectivity index (χ3n) is 2.99. The number of nitrogens with one attached hydrogen (secondary N) is 1. The molecule has 0 radical (unpaired) electrons. The minimum Gasteiger partial charge on any atom is -0.338 e. The van der Waals surface area contributed by atoms with Crippen LogP contribution in [0, 0.1) is 5.41 Å². The molecule has 1 aromatic heterocycles. The lowest BCUT2D eigenvalue weighted by atomic mass is 9.84. The predicted molar refractivity (Wildman–Crippen MR) is 78.1 cm³/mol. The van der Waals surface area contributed by atoms with Crippen molar-refractivity contribution < 1.29 is 4.79 Å². The van der Waals surface area contributed by atoms with Crippen LogP contribution < -0.4 is 5.32 Å². The molecule has 0 aliphatic heterocycles. The normalized spacial score (nSPS) is 14.5. The molecule has 0 saturated carbocycles. The summed E-state index contributed by atoms with van der Waals surface area (Å²) in [7, 11) is 1.96. The maximum Gasteiger partial charge on any atom is 0.155 e. The maximum atomic E-state index is 12.6. The lowest BCUT2D eigenvalue weighted by Gasteiger charge is -2.31. The van der Waals surface area contributed by atoms with Gasteiger partial charge in [-0.25, -0.2) is 4.98 Å². The van der Waals surface area contributed by atoms with Crippen LogP contribution in [-0.4, -0.2) is 26.9 Å². The number of rotatable bonds is 4. The molecule has 0 fully saturated rings. The molecule has 1 heterocycles. The average molecular weight is 265 g/mol. The Labute approximate surface area is 116 Å². The summed E-state index contributed by atoms with van der Waals surface area (Å²) in [5, 5.41) is 3.44. The van der Waals surface area contributed by atoms with Crippen molar-refractivity contribution in [3.63, 3.8) is 0 Å². The molecular formula is C15H27N3O. The van der Waals surface area contributed by atoms with Crippen LogP contribution in [0.2, 0.25) is 0 Å². The molecule has 108 valence electrons. The van der Waals surface area contributed by atoms with Crippen molar-refractivity contribution in [1.29, 1.82) is 0 Å². The zero-order chi connectivity index (χ0) is 14.8. The summed E-state index contributed by atoms with van der Waals surface area (Å²) >= 11 is 0. The fourth-order valence-electron chi connectivity index (χ4n) is 2.05. The second-order valence-electron chi connectivity index (χ2n) is 7.26. The van der Waals surface area contributed by atoms with E-state index in [9.17, 15) is 4.79 Å². The van der Waals surface area contributed by atoms with Crippen LogP contribution >= 0.6 is 0 Å². The first kappa shape index (κ1) is 15.9. The molecule has 0 amide bonds. The average Bonchev–Trinajstić information content (AvgIpc) is 2.59. The highest BCUT2D eigenvalue weighted by Crippen LogP contribution is 2.20. The zero-order valence-corrected chi connectivity index (χ0v) is 13.2. The van der Waals surface area contributed by atoms with E-state index in [-0.39, 0.29) is 22.8 Å². The van der Waals surface area contributed by atoms with Crippen molar-refractivity contribution in [3.05, 3.63) is 18.2 Å². The predicted octanol–water partition coefficient (Wildman–Crippen LogP) is 2.33. The van der Waals surface area contributed by atoms with Gasteiger partial charge >= 0.3 is 0 Å². The number of Topliss-reactive ketones (excluding diaryl/α,β-unsaturated/α-hetero) is 1. The monoisotopic (exact) mass is 265 g/mol. The molecule has 0 aromatic carbocycles. The number of ketones is 1. The molecular weight excluding hydrogens is 238 g/mol. The highest BCUT2D eigenvalue weighted by atomic mass is 16.1. The summed E-state index contributed by atoms with van der Waals surface area (Å²) in [6, 6.07) is -0.185. The maximum absolute atomic E-state index is 12.6. The summed E-state index contributed by atoms with van der Waals surface area (Å²) in [6.07, 6.45) is 4.27. The van der Waals surface area contributed by atoms with Gasteiger partial charge in [0, 0.05) is 36.3 Å². The molecule has 0 spiro atoms. The summed E-state index contributed by atoms with van der Waals surface area (Å²) < 4.78 is 1.97. The molecule has 1 N–H and O–H groups in total. The summed E-state index contributed by atoms with van der Waals surface area (Å²) in [4.78, 5) is 16.7. The Morgan fingerprint density at radius 3 is 2.26 bits per heavy atom. The highest BCUT2D eigenvalue weighted by Gasteiger charge is 2.32. The smallest absolute Gasteiger partial charge is 0.155 e. The van der Waals surface area contributed by atoms with Gasteiger partial charge in [0.05, 0.1) is 12.4 Å². The first-order valence-electron chi connectivity index (χ1n) is 6.78. The van der Waals surface area contributed by atoms with Crippen molar-refractivity contribution in [2.24, 2.45) is 12.5 Å². The van der Waals surface area contributed by atoms with Crippen LogP contribution in [0.15, 0.2) is 12.5 Å². The molecule has 1 atom stereocenters. The molecule has 4 nitrogen and oxygen atoms in total. The van der Waals surface area contributed by atoms with Crippen LogP contribution in [0.5, 0.6) is 0 Å². The van der Waals surface area contributed by atoms with Gasteiger partial charge < -0.3 is 9.88 Å². The molecule has 4 heteroatoms. The molecule has 0 unspecified atom stereocenters. The van der Waals surface area contributed by atoms with Crippen molar-refractivity contribution in [1.82, 2.24) is 14.9 Å². The summed E-state index contributed by atoms with van der Waals surface area (Å²) in [5.74, 6) is 0.239. The minimum atomic E-state index is -0.346. The largest absolute Gasteiger partial charge is 0.338 e. The second kappa shape index (κ2) is 5.45. The van der Waals surface area contributed by atoms with E-state index < -0.39 is 0 Å². The standard InChI is InChI=1S/C15H27N3O/c1-14(2,3)13(19)12(17-15(4,5)6)8-11-9-16-10-18(11)7/h9-10,12,17H,8H2,1-7H3/t12-/m0/s1. The van der Waals surface area contributed by atoms with E-state index in [4.69, 9.17) is 0 Å². The molecule has 0 aliphatic carbocycles. The zero-order valence-electron chi connectivity index (χ0n) is 13.2. The Morgan fingerprint density at radius 2 is 1.89 bits per heavy atom. The number of hydrogen-bond donors (Lipinski definition) is 1. The van der Waals surface area contributed by atoms with E-state index in [1.165, 1.54) is 0 Å². The number of nitrogens with zero attached hydrogens (tertiary/aromatic N) is 2. The quantitative estimate of drug-likeness (QED) is 0.909. The molecule has 0 aliphatic rings. The van der Waals surface area contributed by atoms with Crippen LogP contribution in [0.3, 0.4) is 0 Å². The highest BCUT2D eigenvalue weighted by molar-refractivity contribution is 5.89. The van der Waals surface area contributed by atoms with Crippen LogP contribution in [0.25, 0.3) is 0 Å². The molecule has 0 bridgehead atoms. The lowest BCUT2D eigenvalue weighted by molar-refractivity contribution is -0.128. The number of hydrogen-bond acceptors (Lipinski definition) is 3. The number of imidazole rings is 1. The van der Waals surface area contributed by atoms with E-state index >= 15 is 0 Å². The van der Waals surface area contributed by atoms with E-state index in [2.05, 4.69) is 31.1 Å².